The highest BCUT2D eigenvalue weighted by Crippen LogP contribution is 2.37. The zero-order chi connectivity index (χ0) is 19.0. The van der Waals surface area contributed by atoms with Crippen LogP contribution in [0.3, 0.4) is 0 Å². The minimum atomic E-state index is -5.00. The van der Waals surface area contributed by atoms with Crippen molar-refractivity contribution < 1.29 is 31.1 Å². The number of anilines is 1. The third-order valence-corrected chi connectivity index (χ3v) is 3.19. The molecule has 0 spiro atoms. The Bertz CT molecular complexity index is 782. The Hall–Kier alpha value is -2.65. The van der Waals surface area contributed by atoms with E-state index in [1.165, 1.54) is 6.92 Å². The molecule has 1 aromatic heterocycles. The molecule has 0 atom stereocenters. The monoisotopic (exact) mass is 363 g/mol. The van der Waals surface area contributed by atoms with Crippen LogP contribution in [0, 0.1) is 13.8 Å². The number of alkyl halides is 6. The SMILES string of the molecule is Cc1ncc(C(=O)Nc2cc(C(F)(F)F)cc(C(F)(F)F)c2)c(C)n1. The summed E-state index contributed by atoms with van der Waals surface area (Å²) in [5, 5.41) is 2.02. The average Bonchev–Trinajstić information content (AvgIpc) is 2.44. The second-order valence-corrected chi connectivity index (χ2v) is 5.16. The van der Waals surface area contributed by atoms with Crippen LogP contribution in [0.25, 0.3) is 0 Å². The fraction of sp³-hybridized carbons (Fsp3) is 0.267. The molecule has 1 heterocycles. The van der Waals surface area contributed by atoms with E-state index in [9.17, 15) is 31.1 Å². The summed E-state index contributed by atoms with van der Waals surface area (Å²) >= 11 is 0. The highest BCUT2D eigenvalue weighted by Gasteiger charge is 2.37. The van der Waals surface area contributed by atoms with Crippen molar-refractivity contribution in [2.45, 2.75) is 26.2 Å². The zero-order valence-electron chi connectivity index (χ0n) is 12.9. The molecule has 0 aliphatic rings. The fourth-order valence-electron chi connectivity index (χ4n) is 2.03. The number of carbonyl (C=O) groups is 1. The fourth-order valence-corrected chi connectivity index (χ4v) is 2.03. The maximum absolute atomic E-state index is 12.8. The number of aryl methyl sites for hydroxylation is 2. The molecule has 0 fully saturated rings. The third kappa shape index (κ3) is 4.46. The van der Waals surface area contributed by atoms with Gasteiger partial charge in [-0.05, 0) is 32.0 Å². The van der Waals surface area contributed by atoms with Crippen LogP contribution >= 0.6 is 0 Å². The first-order valence-electron chi connectivity index (χ1n) is 6.79. The van der Waals surface area contributed by atoms with E-state index in [2.05, 4.69) is 9.97 Å². The predicted molar refractivity (Wildman–Crippen MR) is 75.9 cm³/mol. The van der Waals surface area contributed by atoms with Crippen LogP contribution in [0.5, 0.6) is 0 Å². The summed E-state index contributed by atoms with van der Waals surface area (Å²) in [6.45, 7) is 3.04. The minimum Gasteiger partial charge on any atom is -0.322 e. The quantitative estimate of drug-likeness (QED) is 0.806. The number of hydrogen-bond donors (Lipinski definition) is 1. The molecule has 25 heavy (non-hydrogen) atoms. The Morgan fingerprint density at radius 3 is 1.92 bits per heavy atom. The van der Waals surface area contributed by atoms with E-state index in [-0.39, 0.29) is 17.3 Å². The molecule has 0 aliphatic heterocycles. The van der Waals surface area contributed by atoms with Gasteiger partial charge >= 0.3 is 12.4 Å². The summed E-state index contributed by atoms with van der Waals surface area (Å²) in [6, 6.07) is 0.838. The minimum absolute atomic E-state index is 0.0180. The van der Waals surface area contributed by atoms with E-state index >= 15 is 0 Å². The van der Waals surface area contributed by atoms with Gasteiger partial charge in [-0.3, -0.25) is 4.79 Å². The normalized spacial score (nSPS) is 12.2. The molecule has 0 saturated heterocycles. The van der Waals surface area contributed by atoms with Crippen LogP contribution in [0.2, 0.25) is 0 Å². The molecule has 0 aliphatic carbocycles. The van der Waals surface area contributed by atoms with Gasteiger partial charge in [-0.15, -0.1) is 0 Å². The molecule has 2 rings (SSSR count). The summed E-state index contributed by atoms with van der Waals surface area (Å²) in [7, 11) is 0. The van der Waals surface area contributed by atoms with Crippen LogP contribution in [0.1, 0.15) is 33.0 Å². The van der Waals surface area contributed by atoms with Gasteiger partial charge in [0.05, 0.1) is 22.4 Å². The number of carbonyl (C=O) groups excluding carboxylic acids is 1. The van der Waals surface area contributed by atoms with Gasteiger partial charge in [0.2, 0.25) is 0 Å². The number of hydrogen-bond acceptors (Lipinski definition) is 3. The lowest BCUT2D eigenvalue weighted by atomic mass is 10.1. The van der Waals surface area contributed by atoms with Crippen molar-refractivity contribution >= 4 is 11.6 Å². The van der Waals surface area contributed by atoms with Crippen molar-refractivity contribution in [1.82, 2.24) is 9.97 Å². The van der Waals surface area contributed by atoms with E-state index < -0.39 is 35.1 Å². The summed E-state index contributed by atoms with van der Waals surface area (Å²) in [4.78, 5) is 19.8. The second-order valence-electron chi connectivity index (χ2n) is 5.16. The summed E-state index contributed by atoms with van der Waals surface area (Å²) in [5.74, 6) is -0.544. The van der Waals surface area contributed by atoms with Crippen LogP contribution in [-0.2, 0) is 12.4 Å². The lowest BCUT2D eigenvalue weighted by molar-refractivity contribution is -0.143. The number of nitrogens with zero attached hydrogens (tertiary/aromatic N) is 2. The van der Waals surface area contributed by atoms with Gasteiger partial charge in [0.15, 0.2) is 0 Å². The first kappa shape index (κ1) is 18.7. The number of aromatic nitrogens is 2. The van der Waals surface area contributed by atoms with Crippen LogP contribution < -0.4 is 5.32 Å². The van der Waals surface area contributed by atoms with Crippen molar-refractivity contribution in [2.24, 2.45) is 0 Å². The van der Waals surface area contributed by atoms with Gasteiger partial charge in [-0.2, -0.15) is 26.3 Å². The van der Waals surface area contributed by atoms with Crippen molar-refractivity contribution in [2.75, 3.05) is 5.32 Å². The first-order chi connectivity index (χ1) is 11.4. The van der Waals surface area contributed by atoms with E-state index in [4.69, 9.17) is 0 Å². The molecular weight excluding hydrogens is 352 g/mol. The molecule has 0 unspecified atom stereocenters. The van der Waals surface area contributed by atoms with E-state index in [1.807, 2.05) is 5.32 Å². The van der Waals surface area contributed by atoms with Crippen molar-refractivity contribution in [3.63, 3.8) is 0 Å². The Morgan fingerprint density at radius 2 is 1.48 bits per heavy atom. The van der Waals surface area contributed by atoms with Crippen molar-refractivity contribution in [3.05, 3.63) is 52.6 Å². The standard InChI is InChI=1S/C15H11F6N3O/c1-7-12(6-22-8(2)23-7)13(25)24-11-4-9(14(16,17)18)3-10(5-11)15(19,20)21/h3-6H,1-2H3,(H,24,25). The molecule has 10 heteroatoms. The lowest BCUT2D eigenvalue weighted by Gasteiger charge is -2.15. The molecule has 0 bridgehead atoms. The molecule has 1 aromatic carbocycles. The first-order valence-corrected chi connectivity index (χ1v) is 6.79. The van der Waals surface area contributed by atoms with E-state index in [0.717, 1.165) is 6.20 Å². The van der Waals surface area contributed by atoms with Gasteiger partial charge in [0.25, 0.3) is 5.91 Å². The number of rotatable bonds is 2. The summed E-state index contributed by atoms with van der Waals surface area (Å²) < 4.78 is 76.8. The molecule has 1 N–H and O–H groups in total. The van der Waals surface area contributed by atoms with Crippen molar-refractivity contribution in [3.8, 4) is 0 Å². The molecule has 2 aromatic rings. The molecular formula is C15H11F6N3O. The van der Waals surface area contributed by atoms with Gasteiger partial charge in [-0.1, -0.05) is 0 Å². The van der Waals surface area contributed by atoms with Crippen LogP contribution in [0.4, 0.5) is 32.0 Å². The Balaban J connectivity index is 2.43. The van der Waals surface area contributed by atoms with Gasteiger partial charge in [-0.25, -0.2) is 9.97 Å². The largest absolute Gasteiger partial charge is 0.416 e. The van der Waals surface area contributed by atoms with Crippen molar-refractivity contribution in [1.29, 1.82) is 0 Å². The second kappa shape index (κ2) is 6.34. The maximum Gasteiger partial charge on any atom is 0.416 e. The molecule has 4 nitrogen and oxygen atoms in total. The Kier molecular flexibility index (Phi) is 4.74. The molecule has 0 saturated carbocycles. The smallest absolute Gasteiger partial charge is 0.322 e. The topological polar surface area (TPSA) is 54.9 Å². The van der Waals surface area contributed by atoms with Gasteiger partial charge in [0.1, 0.15) is 5.82 Å². The van der Waals surface area contributed by atoms with Gasteiger partial charge in [0, 0.05) is 11.9 Å². The average molecular weight is 363 g/mol. The highest BCUT2D eigenvalue weighted by atomic mass is 19.4. The van der Waals surface area contributed by atoms with Crippen LogP contribution in [0.15, 0.2) is 24.4 Å². The molecule has 0 radical (unpaired) electrons. The maximum atomic E-state index is 12.8. The number of amides is 1. The van der Waals surface area contributed by atoms with Crippen LogP contribution in [-0.4, -0.2) is 15.9 Å². The number of benzene rings is 1. The third-order valence-electron chi connectivity index (χ3n) is 3.19. The predicted octanol–water partition coefficient (Wildman–Crippen LogP) is 4.38. The summed E-state index contributed by atoms with van der Waals surface area (Å²) in [5.41, 5.74) is -3.49. The zero-order valence-corrected chi connectivity index (χ0v) is 12.9. The molecule has 134 valence electrons. The Labute approximate surface area is 137 Å². The highest BCUT2D eigenvalue weighted by molar-refractivity contribution is 6.04. The Morgan fingerprint density at radius 1 is 0.960 bits per heavy atom. The summed E-state index contributed by atoms with van der Waals surface area (Å²) in [6.07, 6.45) is -8.85. The molecule has 1 amide bonds. The lowest BCUT2D eigenvalue weighted by Crippen LogP contribution is -2.17. The number of halogens is 6. The number of nitrogens with one attached hydrogen (secondary N) is 1. The van der Waals surface area contributed by atoms with E-state index in [1.54, 1.807) is 6.92 Å². The van der Waals surface area contributed by atoms with Gasteiger partial charge < -0.3 is 5.32 Å². The van der Waals surface area contributed by atoms with E-state index in [0.29, 0.717) is 18.0 Å².